The van der Waals surface area contributed by atoms with Crippen molar-refractivity contribution >= 4 is 0 Å². The van der Waals surface area contributed by atoms with Crippen molar-refractivity contribution < 1.29 is 14.6 Å². The van der Waals surface area contributed by atoms with Gasteiger partial charge in [0.2, 0.25) is 0 Å². The van der Waals surface area contributed by atoms with Gasteiger partial charge in [-0.1, -0.05) is 19.1 Å². The van der Waals surface area contributed by atoms with E-state index >= 15 is 0 Å². The SMILES string of the molecule is CCOCCN(CC)Cc1cccc(OC)c1O. The Kier molecular flexibility index (Phi) is 6.54. The van der Waals surface area contributed by atoms with Gasteiger partial charge >= 0.3 is 0 Å². The Morgan fingerprint density at radius 3 is 2.67 bits per heavy atom. The van der Waals surface area contributed by atoms with Crippen molar-refractivity contribution in [3.8, 4) is 11.5 Å². The van der Waals surface area contributed by atoms with E-state index in [1.165, 1.54) is 0 Å². The summed E-state index contributed by atoms with van der Waals surface area (Å²) in [4.78, 5) is 2.23. The molecule has 0 spiro atoms. The fourth-order valence-corrected chi connectivity index (χ4v) is 1.79. The van der Waals surface area contributed by atoms with Gasteiger partial charge in [0, 0.05) is 25.3 Å². The quantitative estimate of drug-likeness (QED) is 0.722. The van der Waals surface area contributed by atoms with Crippen LogP contribution in [0.1, 0.15) is 19.4 Å². The fraction of sp³-hybridized carbons (Fsp3) is 0.571. The first kappa shape index (κ1) is 14.8. The van der Waals surface area contributed by atoms with Gasteiger partial charge in [-0.15, -0.1) is 0 Å². The Bertz CT molecular complexity index is 355. The Balaban J connectivity index is 2.63. The number of rotatable bonds is 8. The maximum atomic E-state index is 10.0. The normalized spacial score (nSPS) is 10.9. The highest BCUT2D eigenvalue weighted by atomic mass is 16.5. The molecule has 0 aliphatic rings. The van der Waals surface area contributed by atoms with E-state index in [1.807, 2.05) is 19.1 Å². The predicted molar refractivity (Wildman–Crippen MR) is 72.1 cm³/mol. The van der Waals surface area contributed by atoms with Crippen molar-refractivity contribution in [3.63, 3.8) is 0 Å². The number of phenols is 1. The maximum absolute atomic E-state index is 10.0. The van der Waals surface area contributed by atoms with Crippen molar-refractivity contribution in [2.45, 2.75) is 20.4 Å². The van der Waals surface area contributed by atoms with Crippen LogP contribution in [0.15, 0.2) is 18.2 Å². The minimum Gasteiger partial charge on any atom is -0.504 e. The first-order valence-corrected chi connectivity index (χ1v) is 6.37. The Labute approximate surface area is 109 Å². The number of para-hydroxylation sites is 1. The van der Waals surface area contributed by atoms with Crippen molar-refractivity contribution in [1.82, 2.24) is 4.90 Å². The van der Waals surface area contributed by atoms with E-state index in [-0.39, 0.29) is 5.75 Å². The molecule has 1 N–H and O–H groups in total. The zero-order valence-electron chi connectivity index (χ0n) is 11.5. The number of likely N-dealkylation sites (N-methyl/N-ethyl adjacent to an activating group) is 1. The number of aromatic hydroxyl groups is 1. The van der Waals surface area contributed by atoms with Gasteiger partial charge in [0.15, 0.2) is 11.5 Å². The average Bonchev–Trinajstić information content (AvgIpc) is 2.40. The number of hydrogen-bond acceptors (Lipinski definition) is 4. The Hall–Kier alpha value is -1.26. The molecular weight excluding hydrogens is 230 g/mol. The molecule has 4 nitrogen and oxygen atoms in total. The van der Waals surface area contributed by atoms with E-state index in [9.17, 15) is 5.11 Å². The van der Waals surface area contributed by atoms with Crippen LogP contribution in [0.25, 0.3) is 0 Å². The van der Waals surface area contributed by atoms with Gasteiger partial charge in [0.05, 0.1) is 13.7 Å². The van der Waals surface area contributed by atoms with Crippen LogP contribution in [0.2, 0.25) is 0 Å². The number of hydrogen-bond donors (Lipinski definition) is 1. The second-order valence-electron chi connectivity index (χ2n) is 4.03. The number of benzene rings is 1. The molecule has 0 aliphatic heterocycles. The van der Waals surface area contributed by atoms with Crippen LogP contribution in [0, 0.1) is 0 Å². The Morgan fingerprint density at radius 2 is 2.06 bits per heavy atom. The van der Waals surface area contributed by atoms with E-state index in [1.54, 1.807) is 13.2 Å². The fourth-order valence-electron chi connectivity index (χ4n) is 1.79. The lowest BCUT2D eigenvalue weighted by Crippen LogP contribution is -2.27. The van der Waals surface area contributed by atoms with E-state index in [2.05, 4.69) is 11.8 Å². The lowest BCUT2D eigenvalue weighted by atomic mass is 10.1. The van der Waals surface area contributed by atoms with Crippen LogP contribution in [0.3, 0.4) is 0 Å². The third-order valence-electron chi connectivity index (χ3n) is 2.90. The molecule has 0 radical (unpaired) electrons. The van der Waals surface area contributed by atoms with E-state index in [4.69, 9.17) is 9.47 Å². The molecule has 102 valence electrons. The van der Waals surface area contributed by atoms with Gasteiger partial charge in [0.25, 0.3) is 0 Å². The highest BCUT2D eigenvalue weighted by Gasteiger charge is 2.10. The summed E-state index contributed by atoms with van der Waals surface area (Å²) in [6.07, 6.45) is 0. The van der Waals surface area contributed by atoms with Gasteiger partial charge in [-0.3, -0.25) is 4.90 Å². The van der Waals surface area contributed by atoms with Gasteiger partial charge < -0.3 is 14.6 Å². The standard InChI is InChI=1S/C14H23NO3/c1-4-15(9-10-18-5-2)11-12-7-6-8-13(17-3)14(12)16/h6-8,16H,4-5,9-11H2,1-3H3. The average molecular weight is 253 g/mol. The monoisotopic (exact) mass is 253 g/mol. The van der Waals surface area contributed by atoms with Crippen LogP contribution < -0.4 is 4.74 Å². The molecule has 1 aromatic rings. The summed E-state index contributed by atoms with van der Waals surface area (Å²) in [5.74, 6) is 0.753. The molecule has 0 amide bonds. The molecule has 0 bridgehead atoms. The lowest BCUT2D eigenvalue weighted by molar-refractivity contribution is 0.112. The summed E-state index contributed by atoms with van der Waals surface area (Å²) in [5, 5.41) is 10.0. The molecule has 0 saturated carbocycles. The van der Waals surface area contributed by atoms with Crippen LogP contribution in [0.5, 0.6) is 11.5 Å². The molecule has 0 fully saturated rings. The maximum Gasteiger partial charge on any atom is 0.162 e. The zero-order chi connectivity index (χ0) is 13.4. The highest BCUT2D eigenvalue weighted by molar-refractivity contribution is 5.45. The number of phenolic OH excluding ortho intramolecular Hbond substituents is 1. The molecule has 18 heavy (non-hydrogen) atoms. The smallest absolute Gasteiger partial charge is 0.162 e. The molecular formula is C14H23NO3. The van der Waals surface area contributed by atoms with E-state index in [0.29, 0.717) is 12.3 Å². The van der Waals surface area contributed by atoms with Crippen molar-refractivity contribution in [1.29, 1.82) is 0 Å². The van der Waals surface area contributed by atoms with Crippen LogP contribution in [0.4, 0.5) is 0 Å². The Morgan fingerprint density at radius 1 is 1.28 bits per heavy atom. The summed E-state index contributed by atoms with van der Waals surface area (Å²) in [7, 11) is 1.56. The second-order valence-corrected chi connectivity index (χ2v) is 4.03. The van der Waals surface area contributed by atoms with Gasteiger partial charge in [0.1, 0.15) is 0 Å². The van der Waals surface area contributed by atoms with E-state index < -0.39 is 0 Å². The summed E-state index contributed by atoms with van der Waals surface area (Å²) < 4.78 is 10.5. The second kappa shape index (κ2) is 7.95. The molecule has 0 aromatic heterocycles. The molecule has 0 heterocycles. The van der Waals surface area contributed by atoms with Crippen LogP contribution in [-0.2, 0) is 11.3 Å². The molecule has 4 heteroatoms. The predicted octanol–water partition coefficient (Wildman–Crippen LogP) is 2.26. The third-order valence-corrected chi connectivity index (χ3v) is 2.90. The highest BCUT2D eigenvalue weighted by Crippen LogP contribution is 2.30. The summed E-state index contributed by atoms with van der Waals surface area (Å²) in [6, 6.07) is 5.57. The molecule has 0 saturated heterocycles. The molecule has 1 aromatic carbocycles. The third kappa shape index (κ3) is 4.20. The first-order chi connectivity index (χ1) is 8.72. The molecule has 0 aliphatic carbocycles. The molecule has 1 rings (SSSR count). The van der Waals surface area contributed by atoms with E-state index in [0.717, 1.165) is 31.9 Å². The van der Waals surface area contributed by atoms with Gasteiger partial charge in [-0.25, -0.2) is 0 Å². The summed E-state index contributed by atoms with van der Waals surface area (Å²) in [6.45, 7) is 8.03. The number of ether oxygens (including phenoxy) is 2. The van der Waals surface area contributed by atoms with Crippen molar-refractivity contribution in [3.05, 3.63) is 23.8 Å². The largest absolute Gasteiger partial charge is 0.504 e. The van der Waals surface area contributed by atoms with Crippen molar-refractivity contribution in [2.24, 2.45) is 0 Å². The molecule has 0 unspecified atom stereocenters. The summed E-state index contributed by atoms with van der Waals surface area (Å²) in [5.41, 5.74) is 0.882. The first-order valence-electron chi connectivity index (χ1n) is 6.37. The van der Waals surface area contributed by atoms with Crippen LogP contribution >= 0.6 is 0 Å². The molecule has 0 atom stereocenters. The minimum atomic E-state index is 0.231. The summed E-state index contributed by atoms with van der Waals surface area (Å²) >= 11 is 0. The van der Waals surface area contributed by atoms with Gasteiger partial charge in [-0.2, -0.15) is 0 Å². The topological polar surface area (TPSA) is 41.9 Å². The number of nitrogens with zero attached hydrogens (tertiary/aromatic N) is 1. The van der Waals surface area contributed by atoms with Crippen molar-refractivity contribution in [2.75, 3.05) is 33.4 Å². The number of methoxy groups -OCH3 is 1. The minimum absolute atomic E-state index is 0.231. The zero-order valence-corrected chi connectivity index (χ0v) is 11.5. The lowest BCUT2D eigenvalue weighted by Gasteiger charge is -2.21. The van der Waals surface area contributed by atoms with Crippen LogP contribution in [-0.4, -0.2) is 43.4 Å². The van der Waals surface area contributed by atoms with Gasteiger partial charge in [-0.05, 0) is 19.5 Å².